The van der Waals surface area contributed by atoms with E-state index < -0.39 is 23.6 Å². The Bertz CT molecular complexity index is 697. The smallest absolute Gasteiger partial charge is 0.244 e. The van der Waals surface area contributed by atoms with Crippen molar-refractivity contribution in [2.45, 2.75) is 6.04 Å². The zero-order valence-corrected chi connectivity index (χ0v) is 12.9. The second-order valence-corrected chi connectivity index (χ2v) is 5.51. The molecule has 2 aromatic rings. The van der Waals surface area contributed by atoms with Crippen molar-refractivity contribution in [1.29, 1.82) is 0 Å². The SMILES string of the molecule is NC(=O)C(Nc1ccc(Cl)c(Br)c1)c1cccc(F)c1F. The Morgan fingerprint density at radius 1 is 1.29 bits per heavy atom. The predicted octanol–water partition coefficient (Wildman–Crippen LogP) is 4.02. The fraction of sp³-hybridized carbons (Fsp3) is 0.0714. The highest BCUT2D eigenvalue weighted by Gasteiger charge is 2.23. The largest absolute Gasteiger partial charge is 0.370 e. The van der Waals surface area contributed by atoms with Gasteiger partial charge in [-0.1, -0.05) is 23.7 Å². The zero-order valence-electron chi connectivity index (χ0n) is 10.5. The van der Waals surface area contributed by atoms with E-state index in [9.17, 15) is 13.6 Å². The van der Waals surface area contributed by atoms with Crippen molar-refractivity contribution in [2.24, 2.45) is 5.73 Å². The lowest BCUT2D eigenvalue weighted by Crippen LogP contribution is -2.28. The number of hydrogen-bond donors (Lipinski definition) is 2. The minimum absolute atomic E-state index is 0.159. The standard InChI is InChI=1S/C14H10BrClF2N2O/c15-9-6-7(4-5-10(9)16)20-13(14(19)21)8-2-1-3-11(17)12(8)18/h1-6,13,20H,(H2,19,21). The van der Waals surface area contributed by atoms with E-state index in [2.05, 4.69) is 21.2 Å². The summed E-state index contributed by atoms with van der Waals surface area (Å²) in [6, 6.07) is 7.17. The second-order valence-electron chi connectivity index (χ2n) is 4.25. The van der Waals surface area contributed by atoms with Gasteiger partial charge >= 0.3 is 0 Å². The molecule has 0 aliphatic heterocycles. The van der Waals surface area contributed by atoms with E-state index in [0.717, 1.165) is 6.07 Å². The Hall–Kier alpha value is -1.66. The monoisotopic (exact) mass is 374 g/mol. The number of primary amides is 1. The maximum atomic E-state index is 13.8. The molecule has 7 heteroatoms. The lowest BCUT2D eigenvalue weighted by Gasteiger charge is -2.18. The summed E-state index contributed by atoms with van der Waals surface area (Å²) in [5, 5.41) is 3.24. The van der Waals surface area contributed by atoms with E-state index in [4.69, 9.17) is 17.3 Å². The van der Waals surface area contributed by atoms with Crippen molar-refractivity contribution in [2.75, 3.05) is 5.32 Å². The number of benzene rings is 2. The van der Waals surface area contributed by atoms with Crippen LogP contribution in [0.1, 0.15) is 11.6 Å². The van der Waals surface area contributed by atoms with Crippen LogP contribution in [-0.2, 0) is 4.79 Å². The van der Waals surface area contributed by atoms with Crippen molar-refractivity contribution < 1.29 is 13.6 Å². The summed E-state index contributed by atoms with van der Waals surface area (Å²) in [6.45, 7) is 0. The topological polar surface area (TPSA) is 55.1 Å². The molecule has 3 N–H and O–H groups in total. The van der Waals surface area contributed by atoms with Gasteiger partial charge in [-0.3, -0.25) is 4.79 Å². The molecular formula is C14H10BrClF2N2O. The Balaban J connectivity index is 2.38. The molecule has 0 fully saturated rings. The van der Waals surface area contributed by atoms with Crippen LogP contribution < -0.4 is 11.1 Å². The molecule has 0 spiro atoms. The van der Waals surface area contributed by atoms with E-state index in [-0.39, 0.29) is 5.56 Å². The van der Waals surface area contributed by atoms with Crippen molar-refractivity contribution in [1.82, 2.24) is 0 Å². The normalized spacial score (nSPS) is 12.0. The third kappa shape index (κ3) is 3.51. The molecule has 0 bridgehead atoms. The van der Waals surface area contributed by atoms with Gasteiger partial charge in [-0.05, 0) is 40.2 Å². The molecule has 21 heavy (non-hydrogen) atoms. The van der Waals surface area contributed by atoms with Crippen molar-refractivity contribution in [3.8, 4) is 0 Å². The first-order valence-electron chi connectivity index (χ1n) is 5.85. The highest BCUT2D eigenvalue weighted by molar-refractivity contribution is 9.10. The van der Waals surface area contributed by atoms with E-state index in [1.165, 1.54) is 12.1 Å². The Kier molecular flexibility index (Phi) is 4.80. The lowest BCUT2D eigenvalue weighted by atomic mass is 10.0. The third-order valence-corrected chi connectivity index (χ3v) is 4.02. The zero-order chi connectivity index (χ0) is 15.6. The number of carbonyl (C=O) groups excluding carboxylic acids is 1. The van der Waals surface area contributed by atoms with Crippen molar-refractivity contribution in [3.63, 3.8) is 0 Å². The maximum Gasteiger partial charge on any atom is 0.244 e. The number of anilines is 1. The fourth-order valence-electron chi connectivity index (χ4n) is 1.80. The van der Waals surface area contributed by atoms with Gasteiger partial charge in [-0.2, -0.15) is 0 Å². The average molecular weight is 376 g/mol. The van der Waals surface area contributed by atoms with Crippen LogP contribution in [0, 0.1) is 11.6 Å². The first kappa shape index (κ1) is 15.7. The molecule has 1 amide bonds. The number of rotatable bonds is 4. The second kappa shape index (κ2) is 6.41. The summed E-state index contributed by atoms with van der Waals surface area (Å²) in [6.07, 6.45) is 0. The van der Waals surface area contributed by atoms with Gasteiger partial charge in [0, 0.05) is 15.7 Å². The average Bonchev–Trinajstić information content (AvgIpc) is 2.43. The summed E-state index contributed by atoms with van der Waals surface area (Å²) >= 11 is 9.10. The summed E-state index contributed by atoms with van der Waals surface area (Å²) in [7, 11) is 0. The molecule has 0 heterocycles. The molecule has 0 saturated carbocycles. The van der Waals surface area contributed by atoms with Crippen LogP contribution in [0.3, 0.4) is 0 Å². The molecule has 0 aliphatic rings. The Labute approximate surface area is 133 Å². The first-order chi connectivity index (χ1) is 9.90. The molecule has 1 unspecified atom stereocenters. The van der Waals surface area contributed by atoms with Crippen molar-refractivity contribution in [3.05, 3.63) is 63.1 Å². The molecule has 2 aromatic carbocycles. The van der Waals surface area contributed by atoms with Crippen molar-refractivity contribution >= 4 is 39.1 Å². The van der Waals surface area contributed by atoms with Gasteiger partial charge in [0.1, 0.15) is 6.04 Å². The van der Waals surface area contributed by atoms with E-state index >= 15 is 0 Å². The maximum absolute atomic E-state index is 13.8. The summed E-state index contributed by atoms with van der Waals surface area (Å²) < 4.78 is 27.7. The number of hydrogen-bond acceptors (Lipinski definition) is 2. The van der Waals surface area contributed by atoms with Gasteiger partial charge in [0.25, 0.3) is 0 Å². The third-order valence-electron chi connectivity index (χ3n) is 2.81. The van der Waals surface area contributed by atoms with Crippen LogP contribution in [-0.4, -0.2) is 5.91 Å². The summed E-state index contributed by atoms with van der Waals surface area (Å²) in [5.41, 5.74) is 5.60. The summed E-state index contributed by atoms with van der Waals surface area (Å²) in [4.78, 5) is 11.6. The Morgan fingerprint density at radius 2 is 2.00 bits per heavy atom. The molecule has 3 nitrogen and oxygen atoms in total. The van der Waals surface area contributed by atoms with Crippen LogP contribution in [0.5, 0.6) is 0 Å². The van der Waals surface area contributed by atoms with Crippen LogP contribution in [0.2, 0.25) is 5.02 Å². The molecule has 110 valence electrons. The molecule has 2 rings (SSSR count). The fourth-order valence-corrected chi connectivity index (χ4v) is 2.29. The predicted molar refractivity (Wildman–Crippen MR) is 81.1 cm³/mol. The molecule has 1 atom stereocenters. The number of halogens is 4. The van der Waals surface area contributed by atoms with Gasteiger partial charge < -0.3 is 11.1 Å². The van der Waals surface area contributed by atoms with Gasteiger partial charge in [0.2, 0.25) is 5.91 Å². The lowest BCUT2D eigenvalue weighted by molar-refractivity contribution is -0.118. The minimum atomic E-state index is -1.20. The molecule has 0 aromatic heterocycles. The van der Waals surface area contributed by atoms with E-state index in [1.807, 2.05) is 0 Å². The molecule has 0 saturated heterocycles. The van der Waals surface area contributed by atoms with Gasteiger partial charge in [0.15, 0.2) is 11.6 Å². The van der Waals surface area contributed by atoms with Gasteiger partial charge in [0.05, 0.1) is 5.02 Å². The van der Waals surface area contributed by atoms with E-state index in [0.29, 0.717) is 15.2 Å². The molecular weight excluding hydrogens is 366 g/mol. The van der Waals surface area contributed by atoms with Crippen LogP contribution >= 0.6 is 27.5 Å². The number of nitrogens with two attached hydrogens (primary N) is 1. The van der Waals surface area contributed by atoms with Gasteiger partial charge in [-0.15, -0.1) is 0 Å². The first-order valence-corrected chi connectivity index (χ1v) is 7.02. The molecule has 0 radical (unpaired) electrons. The highest BCUT2D eigenvalue weighted by atomic mass is 79.9. The van der Waals surface area contributed by atoms with Gasteiger partial charge in [-0.25, -0.2) is 8.78 Å². The summed E-state index contributed by atoms with van der Waals surface area (Å²) in [5.74, 6) is -2.98. The van der Waals surface area contributed by atoms with Crippen LogP contribution in [0.15, 0.2) is 40.9 Å². The molecule has 0 aliphatic carbocycles. The highest BCUT2D eigenvalue weighted by Crippen LogP contribution is 2.29. The minimum Gasteiger partial charge on any atom is -0.370 e. The number of amides is 1. The van der Waals surface area contributed by atoms with Crippen LogP contribution in [0.25, 0.3) is 0 Å². The Morgan fingerprint density at radius 3 is 2.62 bits per heavy atom. The number of carbonyl (C=O) groups is 1. The van der Waals surface area contributed by atoms with E-state index in [1.54, 1.807) is 18.2 Å². The number of nitrogens with one attached hydrogen (secondary N) is 1. The quantitative estimate of drug-likeness (QED) is 0.848. The van der Waals surface area contributed by atoms with Crippen LogP contribution in [0.4, 0.5) is 14.5 Å².